The fourth-order valence-electron chi connectivity index (χ4n) is 1.75. The predicted octanol–water partition coefficient (Wildman–Crippen LogP) is 2.61. The average Bonchev–Trinajstić information content (AvgIpc) is 2.39. The van der Waals surface area contributed by atoms with E-state index in [4.69, 9.17) is 16.3 Å². The normalized spacial score (nSPS) is 10.3. The summed E-state index contributed by atoms with van der Waals surface area (Å²) in [6.07, 6.45) is 0. The van der Waals surface area contributed by atoms with Gasteiger partial charge in [0.2, 0.25) is 0 Å². The molecule has 0 radical (unpaired) electrons. The summed E-state index contributed by atoms with van der Waals surface area (Å²) in [5.74, 6) is 0.907. The minimum atomic E-state index is 0.566. The molecule has 2 rings (SSSR count). The molecule has 2 aromatic carbocycles. The molecule has 0 unspecified atom stereocenters. The van der Waals surface area contributed by atoms with Gasteiger partial charge in [0.1, 0.15) is 18.9 Å². The van der Waals surface area contributed by atoms with E-state index < -0.39 is 0 Å². The predicted molar refractivity (Wildman–Crippen MR) is 73.8 cm³/mol. The summed E-state index contributed by atoms with van der Waals surface area (Å²) in [6.45, 7) is 1.54. The summed E-state index contributed by atoms with van der Waals surface area (Å²) < 4.78 is 5.76. The van der Waals surface area contributed by atoms with Crippen LogP contribution in [0.2, 0.25) is 5.02 Å². The third kappa shape index (κ3) is 3.76. The van der Waals surface area contributed by atoms with Crippen molar-refractivity contribution >= 4 is 11.6 Å². The lowest BCUT2D eigenvalue weighted by atomic mass is 10.2. The van der Waals surface area contributed by atoms with Crippen molar-refractivity contribution in [1.82, 2.24) is 0 Å². The van der Waals surface area contributed by atoms with E-state index in [0.717, 1.165) is 22.9 Å². The van der Waals surface area contributed by atoms with Gasteiger partial charge in [-0.1, -0.05) is 35.9 Å². The Kier molecular flexibility index (Phi) is 4.62. The number of hydrogen-bond donors (Lipinski definition) is 1. The van der Waals surface area contributed by atoms with E-state index in [1.54, 1.807) is 0 Å². The molecule has 0 atom stereocenters. The van der Waals surface area contributed by atoms with Gasteiger partial charge in [-0.15, -0.1) is 0 Å². The van der Waals surface area contributed by atoms with Crippen LogP contribution in [0.15, 0.2) is 48.5 Å². The Bertz CT molecular complexity index is 496. The molecule has 0 bridgehead atoms. The van der Waals surface area contributed by atoms with Crippen LogP contribution in [-0.4, -0.2) is 7.05 Å². The highest BCUT2D eigenvalue weighted by molar-refractivity contribution is 6.30. The summed E-state index contributed by atoms with van der Waals surface area (Å²) in [7, 11) is 2.06. The first-order valence-corrected chi connectivity index (χ1v) is 6.40. The van der Waals surface area contributed by atoms with Crippen molar-refractivity contribution in [1.29, 1.82) is 0 Å². The van der Waals surface area contributed by atoms with E-state index in [9.17, 15) is 0 Å². The second-order valence-corrected chi connectivity index (χ2v) is 4.61. The fourth-order valence-corrected chi connectivity index (χ4v) is 1.87. The third-order valence-corrected chi connectivity index (χ3v) is 2.91. The highest BCUT2D eigenvalue weighted by Crippen LogP contribution is 2.16. The third-order valence-electron chi connectivity index (χ3n) is 2.66. The van der Waals surface area contributed by atoms with Crippen LogP contribution >= 0.6 is 11.6 Å². The number of hydrogen-bond acceptors (Lipinski definition) is 1. The second-order valence-electron chi connectivity index (χ2n) is 4.17. The molecular formula is C15H17ClNO+. The van der Waals surface area contributed by atoms with Gasteiger partial charge < -0.3 is 10.1 Å². The summed E-state index contributed by atoms with van der Waals surface area (Å²) in [6, 6.07) is 15.9. The van der Waals surface area contributed by atoms with Gasteiger partial charge >= 0.3 is 0 Å². The first-order chi connectivity index (χ1) is 8.78. The molecule has 0 saturated carbocycles. The Hall–Kier alpha value is -1.51. The van der Waals surface area contributed by atoms with Gasteiger partial charge in [-0.2, -0.15) is 0 Å². The van der Waals surface area contributed by atoms with Crippen molar-refractivity contribution in [3.05, 3.63) is 64.7 Å². The molecule has 2 N–H and O–H groups in total. The smallest absolute Gasteiger partial charge is 0.120 e. The molecule has 2 nitrogen and oxygen atoms in total. The average molecular weight is 263 g/mol. The lowest BCUT2D eigenvalue weighted by Crippen LogP contribution is -2.77. The molecular weight excluding hydrogens is 246 g/mol. The van der Waals surface area contributed by atoms with Crippen molar-refractivity contribution in [3.63, 3.8) is 0 Å². The highest BCUT2D eigenvalue weighted by atomic mass is 35.5. The van der Waals surface area contributed by atoms with Crippen LogP contribution in [0.4, 0.5) is 0 Å². The molecule has 0 saturated heterocycles. The number of nitrogens with two attached hydrogens (primary N) is 1. The quantitative estimate of drug-likeness (QED) is 0.881. The van der Waals surface area contributed by atoms with Crippen LogP contribution in [0, 0.1) is 0 Å². The van der Waals surface area contributed by atoms with Gasteiger partial charge in [-0.05, 0) is 29.8 Å². The van der Waals surface area contributed by atoms with Crippen molar-refractivity contribution in [3.8, 4) is 5.75 Å². The molecule has 0 aliphatic rings. The van der Waals surface area contributed by atoms with Crippen LogP contribution in [0.25, 0.3) is 0 Å². The van der Waals surface area contributed by atoms with Gasteiger partial charge in [0, 0.05) is 10.6 Å². The first kappa shape index (κ1) is 12.9. The molecule has 0 amide bonds. The first-order valence-electron chi connectivity index (χ1n) is 6.02. The molecule has 0 fully saturated rings. The largest absolute Gasteiger partial charge is 0.489 e. The molecule has 2 aromatic rings. The standard InChI is InChI=1S/C15H16ClNO/c1-17-10-13-3-2-4-15(9-13)18-11-12-5-7-14(16)8-6-12/h2-9,17H,10-11H2,1H3/p+1. The zero-order valence-corrected chi connectivity index (χ0v) is 11.2. The van der Waals surface area contributed by atoms with Crippen molar-refractivity contribution in [2.75, 3.05) is 7.05 Å². The highest BCUT2D eigenvalue weighted by Gasteiger charge is 1.99. The Morgan fingerprint density at radius 2 is 1.83 bits per heavy atom. The van der Waals surface area contributed by atoms with E-state index in [1.165, 1.54) is 5.56 Å². The van der Waals surface area contributed by atoms with Gasteiger partial charge in [0.05, 0.1) is 7.05 Å². The Labute approximate surface area is 113 Å². The van der Waals surface area contributed by atoms with E-state index in [0.29, 0.717) is 6.61 Å². The Balaban J connectivity index is 1.97. The van der Waals surface area contributed by atoms with Crippen LogP contribution in [0.3, 0.4) is 0 Å². The molecule has 0 spiro atoms. The molecule has 0 aliphatic heterocycles. The fraction of sp³-hybridized carbons (Fsp3) is 0.200. The second kappa shape index (κ2) is 6.43. The topological polar surface area (TPSA) is 25.8 Å². The van der Waals surface area contributed by atoms with Crippen LogP contribution in [0.1, 0.15) is 11.1 Å². The SMILES string of the molecule is C[NH2+]Cc1cccc(OCc2ccc(Cl)cc2)c1. The van der Waals surface area contributed by atoms with Crippen molar-refractivity contribution < 1.29 is 10.1 Å². The lowest BCUT2D eigenvalue weighted by molar-refractivity contribution is -0.643. The van der Waals surface area contributed by atoms with E-state index in [1.807, 2.05) is 36.4 Å². The minimum Gasteiger partial charge on any atom is -0.489 e. The van der Waals surface area contributed by atoms with E-state index in [-0.39, 0.29) is 0 Å². The van der Waals surface area contributed by atoms with Gasteiger partial charge in [0.15, 0.2) is 0 Å². The molecule has 94 valence electrons. The zero-order chi connectivity index (χ0) is 12.8. The molecule has 3 heteroatoms. The maximum atomic E-state index is 5.84. The molecule has 18 heavy (non-hydrogen) atoms. The monoisotopic (exact) mass is 262 g/mol. The molecule has 0 aromatic heterocycles. The van der Waals surface area contributed by atoms with E-state index in [2.05, 4.69) is 24.5 Å². The summed E-state index contributed by atoms with van der Waals surface area (Å²) >= 11 is 5.84. The number of benzene rings is 2. The molecule has 0 heterocycles. The van der Waals surface area contributed by atoms with Gasteiger partial charge in [0.25, 0.3) is 0 Å². The Morgan fingerprint density at radius 1 is 1.06 bits per heavy atom. The Morgan fingerprint density at radius 3 is 2.56 bits per heavy atom. The lowest BCUT2D eigenvalue weighted by Gasteiger charge is -2.07. The van der Waals surface area contributed by atoms with Crippen LogP contribution < -0.4 is 10.1 Å². The van der Waals surface area contributed by atoms with E-state index >= 15 is 0 Å². The van der Waals surface area contributed by atoms with Gasteiger partial charge in [-0.25, -0.2) is 0 Å². The van der Waals surface area contributed by atoms with Crippen molar-refractivity contribution in [2.45, 2.75) is 13.2 Å². The maximum absolute atomic E-state index is 5.84. The van der Waals surface area contributed by atoms with Crippen LogP contribution in [-0.2, 0) is 13.2 Å². The van der Waals surface area contributed by atoms with Gasteiger partial charge in [-0.3, -0.25) is 0 Å². The molecule has 0 aliphatic carbocycles. The summed E-state index contributed by atoms with van der Waals surface area (Å²) in [5, 5.41) is 2.89. The summed E-state index contributed by atoms with van der Waals surface area (Å²) in [5.41, 5.74) is 2.39. The number of ether oxygens (including phenoxy) is 1. The summed E-state index contributed by atoms with van der Waals surface area (Å²) in [4.78, 5) is 0. The number of halogens is 1. The maximum Gasteiger partial charge on any atom is 0.120 e. The number of quaternary nitrogens is 1. The minimum absolute atomic E-state index is 0.566. The number of rotatable bonds is 5. The zero-order valence-electron chi connectivity index (χ0n) is 10.4. The van der Waals surface area contributed by atoms with Crippen molar-refractivity contribution in [2.24, 2.45) is 0 Å². The van der Waals surface area contributed by atoms with Crippen LogP contribution in [0.5, 0.6) is 5.75 Å².